The van der Waals surface area contributed by atoms with Crippen LogP contribution in [0.1, 0.15) is 36.6 Å². The molecule has 0 radical (unpaired) electrons. The monoisotopic (exact) mass is 332 g/mol. The number of carbonyl (C=O) groups is 1. The van der Waals surface area contributed by atoms with Gasteiger partial charge in [-0.1, -0.05) is 11.6 Å². The number of hydrogen-bond donors (Lipinski definition) is 1. The van der Waals surface area contributed by atoms with E-state index in [-0.39, 0.29) is 5.91 Å². The highest BCUT2D eigenvalue weighted by Crippen LogP contribution is 2.19. The largest absolute Gasteiger partial charge is 0.338 e. The fraction of sp³-hybridized carbons (Fsp3) is 0.625. The molecule has 0 saturated carbocycles. The van der Waals surface area contributed by atoms with Gasteiger partial charge in [-0.15, -0.1) is 0 Å². The van der Waals surface area contributed by atoms with Gasteiger partial charge >= 0.3 is 0 Å². The summed E-state index contributed by atoms with van der Waals surface area (Å²) in [4.78, 5) is 18.9. The molecule has 24 heavy (non-hydrogen) atoms. The molecule has 2 aromatic rings. The smallest absolute Gasteiger partial charge is 0.240 e. The fourth-order valence-corrected chi connectivity index (χ4v) is 3.19. The Bertz CT molecular complexity index is 707. The van der Waals surface area contributed by atoms with Crippen LogP contribution in [0.25, 0.3) is 0 Å². The molecular weight excluding hydrogens is 308 g/mol. The molecule has 1 aliphatic heterocycles. The molecule has 1 saturated heterocycles. The molecule has 0 spiro atoms. The van der Waals surface area contributed by atoms with E-state index in [1.807, 2.05) is 25.5 Å². The third-order valence-corrected chi connectivity index (χ3v) is 4.33. The minimum atomic E-state index is -0.0791. The van der Waals surface area contributed by atoms with Gasteiger partial charge in [0.25, 0.3) is 0 Å². The number of anilines is 1. The summed E-state index contributed by atoms with van der Waals surface area (Å²) in [6.07, 6.45) is 3.35. The van der Waals surface area contributed by atoms with Crippen molar-refractivity contribution in [2.45, 2.75) is 52.6 Å². The summed E-state index contributed by atoms with van der Waals surface area (Å²) in [5.74, 6) is 2.02. The van der Waals surface area contributed by atoms with Crippen molar-refractivity contribution in [1.82, 2.24) is 24.8 Å². The lowest BCUT2D eigenvalue weighted by Gasteiger charge is -2.35. The van der Waals surface area contributed by atoms with Gasteiger partial charge in [0.05, 0.1) is 18.8 Å². The number of amides is 1. The highest BCUT2D eigenvalue weighted by Gasteiger charge is 2.25. The molecule has 1 N–H and O–H groups in total. The first-order valence-electron chi connectivity index (χ1n) is 8.36. The van der Waals surface area contributed by atoms with Crippen molar-refractivity contribution in [1.29, 1.82) is 0 Å². The number of nitrogens with one attached hydrogen (secondary N) is 1. The molecule has 1 aliphatic rings. The predicted octanol–water partition coefficient (Wildman–Crippen LogP) is 1.68. The van der Waals surface area contributed by atoms with Crippen LogP contribution in [0.5, 0.6) is 0 Å². The average molecular weight is 332 g/mol. The van der Waals surface area contributed by atoms with Crippen molar-refractivity contribution in [3.8, 4) is 0 Å². The summed E-state index contributed by atoms with van der Waals surface area (Å²) in [6.45, 7) is 7.71. The number of rotatable bonds is 5. The molecule has 3 rings (SSSR count). The zero-order valence-corrected chi connectivity index (χ0v) is 14.4. The van der Waals surface area contributed by atoms with Crippen LogP contribution < -0.4 is 5.32 Å². The number of piperidine rings is 1. The van der Waals surface area contributed by atoms with Crippen LogP contribution in [0.15, 0.2) is 10.6 Å². The maximum Gasteiger partial charge on any atom is 0.240 e. The van der Waals surface area contributed by atoms with Crippen LogP contribution >= 0.6 is 0 Å². The summed E-state index contributed by atoms with van der Waals surface area (Å²) in [6, 6.07) is 2.01. The van der Waals surface area contributed by atoms with Gasteiger partial charge < -0.3 is 4.52 Å². The number of likely N-dealkylation sites (tertiary alicyclic amines) is 1. The van der Waals surface area contributed by atoms with Crippen LogP contribution in [-0.2, 0) is 11.3 Å². The Morgan fingerprint density at radius 2 is 2.21 bits per heavy atom. The summed E-state index contributed by atoms with van der Waals surface area (Å²) in [5.41, 5.74) is 0.748. The number of aromatic nitrogens is 4. The summed E-state index contributed by atoms with van der Waals surface area (Å²) in [7, 11) is 0. The van der Waals surface area contributed by atoms with E-state index in [1.165, 1.54) is 6.42 Å². The zero-order valence-electron chi connectivity index (χ0n) is 14.4. The van der Waals surface area contributed by atoms with E-state index in [0.717, 1.165) is 43.3 Å². The van der Waals surface area contributed by atoms with E-state index in [4.69, 9.17) is 4.52 Å². The van der Waals surface area contributed by atoms with E-state index in [1.54, 1.807) is 6.07 Å². The Kier molecular flexibility index (Phi) is 4.94. The number of hydrogen-bond acceptors (Lipinski definition) is 6. The summed E-state index contributed by atoms with van der Waals surface area (Å²) >= 11 is 0. The van der Waals surface area contributed by atoms with Gasteiger partial charge in [0.1, 0.15) is 11.6 Å². The van der Waals surface area contributed by atoms with E-state index in [9.17, 15) is 4.79 Å². The quantitative estimate of drug-likeness (QED) is 0.896. The van der Waals surface area contributed by atoms with Crippen LogP contribution in [0.4, 0.5) is 5.88 Å². The molecule has 1 atom stereocenters. The van der Waals surface area contributed by atoms with Gasteiger partial charge in [-0.25, -0.2) is 9.67 Å². The molecule has 1 fully saturated rings. The van der Waals surface area contributed by atoms with Crippen molar-refractivity contribution in [2.75, 3.05) is 18.4 Å². The third-order valence-electron chi connectivity index (χ3n) is 4.33. The predicted molar refractivity (Wildman–Crippen MR) is 88.6 cm³/mol. The zero-order chi connectivity index (χ0) is 17.1. The van der Waals surface area contributed by atoms with Crippen molar-refractivity contribution in [3.63, 3.8) is 0 Å². The Labute approximate surface area is 141 Å². The van der Waals surface area contributed by atoms with Gasteiger partial charge in [0.2, 0.25) is 11.8 Å². The van der Waals surface area contributed by atoms with Gasteiger partial charge in [-0.3, -0.25) is 15.0 Å². The molecule has 3 heterocycles. The Hall–Kier alpha value is -2.22. The van der Waals surface area contributed by atoms with E-state index in [2.05, 4.69) is 25.5 Å². The van der Waals surface area contributed by atoms with E-state index in [0.29, 0.717) is 18.5 Å². The molecular formula is C16H24N6O2. The molecule has 1 unspecified atom stereocenters. The standard InChI is InChI=1S/C16H24N6O2/c1-11-8-16(24-20-11)18-15(23)10-21-7-5-4-6-14(21)9-22-13(3)17-12(2)19-22/h8,14H,4-7,9-10H2,1-3H3,(H,18,23). The minimum Gasteiger partial charge on any atom is -0.338 e. The first-order chi connectivity index (χ1) is 11.5. The number of nitrogens with zero attached hydrogens (tertiary/aromatic N) is 5. The Balaban J connectivity index is 1.61. The lowest BCUT2D eigenvalue weighted by atomic mass is 10.0. The second kappa shape index (κ2) is 7.12. The molecule has 1 amide bonds. The van der Waals surface area contributed by atoms with Gasteiger partial charge in [-0.05, 0) is 40.2 Å². The van der Waals surface area contributed by atoms with Gasteiger partial charge in [0.15, 0.2) is 0 Å². The summed E-state index contributed by atoms with van der Waals surface area (Å²) in [5, 5.41) is 11.0. The maximum atomic E-state index is 12.3. The molecule has 130 valence electrons. The summed E-state index contributed by atoms with van der Waals surface area (Å²) < 4.78 is 6.98. The van der Waals surface area contributed by atoms with Gasteiger partial charge in [-0.2, -0.15) is 5.10 Å². The number of aryl methyl sites for hydroxylation is 3. The Morgan fingerprint density at radius 1 is 1.38 bits per heavy atom. The fourth-order valence-electron chi connectivity index (χ4n) is 3.19. The highest BCUT2D eigenvalue weighted by molar-refractivity contribution is 5.91. The lowest BCUT2D eigenvalue weighted by molar-refractivity contribution is -0.118. The second-order valence-electron chi connectivity index (χ2n) is 6.39. The van der Waals surface area contributed by atoms with Crippen LogP contribution in [0.3, 0.4) is 0 Å². The highest BCUT2D eigenvalue weighted by atomic mass is 16.5. The first kappa shape index (κ1) is 16.6. The molecule has 0 bridgehead atoms. The first-order valence-corrected chi connectivity index (χ1v) is 8.36. The Morgan fingerprint density at radius 3 is 2.88 bits per heavy atom. The average Bonchev–Trinajstić information content (AvgIpc) is 3.06. The number of carbonyl (C=O) groups excluding carboxylic acids is 1. The molecule has 8 nitrogen and oxygen atoms in total. The molecule has 0 aromatic carbocycles. The topological polar surface area (TPSA) is 89.1 Å². The van der Waals surface area contributed by atoms with E-state index < -0.39 is 0 Å². The maximum absolute atomic E-state index is 12.3. The van der Waals surface area contributed by atoms with Crippen molar-refractivity contribution in [2.24, 2.45) is 0 Å². The van der Waals surface area contributed by atoms with Crippen LogP contribution in [0, 0.1) is 20.8 Å². The lowest BCUT2D eigenvalue weighted by Crippen LogP contribution is -2.46. The van der Waals surface area contributed by atoms with Crippen molar-refractivity contribution >= 4 is 11.8 Å². The third kappa shape index (κ3) is 4.00. The van der Waals surface area contributed by atoms with Crippen molar-refractivity contribution < 1.29 is 9.32 Å². The minimum absolute atomic E-state index is 0.0791. The molecule has 0 aliphatic carbocycles. The normalized spacial score (nSPS) is 18.7. The van der Waals surface area contributed by atoms with Crippen molar-refractivity contribution in [3.05, 3.63) is 23.4 Å². The van der Waals surface area contributed by atoms with Crippen LogP contribution in [0.2, 0.25) is 0 Å². The van der Waals surface area contributed by atoms with Gasteiger partial charge in [0, 0.05) is 12.1 Å². The van der Waals surface area contributed by atoms with E-state index >= 15 is 0 Å². The van der Waals surface area contributed by atoms with Crippen LogP contribution in [-0.4, -0.2) is 49.9 Å². The second-order valence-corrected chi connectivity index (χ2v) is 6.39. The molecule has 2 aromatic heterocycles. The SMILES string of the molecule is Cc1cc(NC(=O)CN2CCCCC2Cn2nc(C)nc2C)on1. The molecule has 8 heteroatoms.